The Balaban J connectivity index is 3.49. The Morgan fingerprint density at radius 2 is 2.27 bits per heavy atom. The van der Waals surface area contributed by atoms with Gasteiger partial charge in [-0.3, -0.25) is 0 Å². The van der Waals surface area contributed by atoms with Gasteiger partial charge < -0.3 is 10.8 Å². The lowest BCUT2D eigenvalue weighted by Gasteiger charge is -2.11. The largest absolute Gasteiger partial charge is 0.478 e. The Morgan fingerprint density at radius 1 is 1.67 bits per heavy atom. The molecule has 0 unspecified atom stereocenters. The molecule has 0 aromatic carbocycles. The van der Waals surface area contributed by atoms with Crippen LogP contribution in [0.15, 0.2) is 10.8 Å². The van der Waals surface area contributed by atoms with Crippen molar-refractivity contribution in [1.82, 2.24) is 4.98 Å². The SMILES string of the molecule is NCc1c(Br)ncc(C(=O)O)c1C(F)F. The van der Waals surface area contributed by atoms with Crippen LogP contribution < -0.4 is 5.73 Å². The molecule has 82 valence electrons. The third-order valence-corrected chi connectivity index (χ3v) is 2.51. The van der Waals surface area contributed by atoms with Crippen LogP contribution in [0.5, 0.6) is 0 Å². The fourth-order valence-electron chi connectivity index (χ4n) is 1.16. The second kappa shape index (κ2) is 4.63. The highest BCUT2D eigenvalue weighted by molar-refractivity contribution is 9.10. The number of halogens is 3. The van der Waals surface area contributed by atoms with Gasteiger partial charge in [-0.2, -0.15) is 0 Å². The quantitative estimate of drug-likeness (QED) is 0.830. The van der Waals surface area contributed by atoms with E-state index < -0.39 is 23.5 Å². The van der Waals surface area contributed by atoms with Gasteiger partial charge in [-0.25, -0.2) is 18.6 Å². The summed E-state index contributed by atoms with van der Waals surface area (Å²) in [6.07, 6.45) is -2.01. The number of alkyl halides is 2. The van der Waals surface area contributed by atoms with Gasteiger partial charge in [0.1, 0.15) is 4.60 Å². The zero-order valence-electron chi connectivity index (χ0n) is 7.38. The Labute approximate surface area is 92.2 Å². The van der Waals surface area contributed by atoms with Crippen LogP contribution in [0.4, 0.5) is 8.78 Å². The molecule has 0 amide bonds. The number of hydrogen-bond donors (Lipinski definition) is 2. The topological polar surface area (TPSA) is 76.2 Å². The zero-order chi connectivity index (χ0) is 11.6. The van der Waals surface area contributed by atoms with Crippen molar-refractivity contribution in [2.24, 2.45) is 5.73 Å². The Hall–Kier alpha value is -1.08. The first-order valence-electron chi connectivity index (χ1n) is 3.87. The molecule has 0 bridgehead atoms. The Morgan fingerprint density at radius 3 is 2.67 bits per heavy atom. The molecule has 0 saturated carbocycles. The average molecular weight is 281 g/mol. The van der Waals surface area contributed by atoms with Gasteiger partial charge >= 0.3 is 5.97 Å². The third-order valence-electron chi connectivity index (χ3n) is 1.82. The van der Waals surface area contributed by atoms with E-state index in [0.717, 1.165) is 6.20 Å². The summed E-state index contributed by atoms with van der Waals surface area (Å²) in [6.45, 7) is -0.200. The van der Waals surface area contributed by atoms with Crippen molar-refractivity contribution < 1.29 is 18.7 Å². The van der Waals surface area contributed by atoms with Crippen molar-refractivity contribution in [3.63, 3.8) is 0 Å². The van der Waals surface area contributed by atoms with E-state index in [0.29, 0.717) is 0 Å². The first kappa shape index (κ1) is 12.0. The van der Waals surface area contributed by atoms with Crippen molar-refractivity contribution in [3.8, 4) is 0 Å². The molecular weight excluding hydrogens is 274 g/mol. The van der Waals surface area contributed by atoms with E-state index in [9.17, 15) is 13.6 Å². The minimum atomic E-state index is -2.89. The first-order chi connectivity index (χ1) is 6.99. The van der Waals surface area contributed by atoms with Gasteiger partial charge in [-0.15, -0.1) is 0 Å². The van der Waals surface area contributed by atoms with Gasteiger partial charge in [0.05, 0.1) is 5.56 Å². The summed E-state index contributed by atoms with van der Waals surface area (Å²) in [4.78, 5) is 14.3. The fraction of sp³-hybridized carbons (Fsp3) is 0.250. The minimum absolute atomic E-state index is 0.0184. The number of aromatic carboxylic acids is 1. The second-order valence-corrected chi connectivity index (χ2v) is 3.42. The molecule has 0 spiro atoms. The molecule has 0 atom stereocenters. The second-order valence-electron chi connectivity index (χ2n) is 2.66. The van der Waals surface area contributed by atoms with Crippen LogP contribution >= 0.6 is 15.9 Å². The number of pyridine rings is 1. The van der Waals surface area contributed by atoms with Crippen LogP contribution in [0.1, 0.15) is 27.9 Å². The van der Waals surface area contributed by atoms with Crippen molar-refractivity contribution in [3.05, 3.63) is 27.5 Å². The number of nitrogens with zero attached hydrogens (tertiary/aromatic N) is 1. The smallest absolute Gasteiger partial charge is 0.337 e. The van der Waals surface area contributed by atoms with Crippen LogP contribution in [0.2, 0.25) is 0 Å². The fourth-order valence-corrected chi connectivity index (χ4v) is 1.63. The van der Waals surface area contributed by atoms with E-state index >= 15 is 0 Å². The van der Waals surface area contributed by atoms with E-state index in [1.165, 1.54) is 0 Å². The van der Waals surface area contributed by atoms with Crippen LogP contribution in [0, 0.1) is 0 Å². The molecule has 0 saturated heterocycles. The number of hydrogen-bond acceptors (Lipinski definition) is 3. The number of carboxylic acid groups (broad SMARTS) is 1. The maximum Gasteiger partial charge on any atom is 0.337 e. The molecule has 0 aliphatic rings. The lowest BCUT2D eigenvalue weighted by Crippen LogP contribution is -2.11. The van der Waals surface area contributed by atoms with Crippen molar-refractivity contribution in [2.75, 3.05) is 0 Å². The molecule has 7 heteroatoms. The van der Waals surface area contributed by atoms with E-state index in [4.69, 9.17) is 10.8 Å². The van der Waals surface area contributed by atoms with Gasteiger partial charge in [0.25, 0.3) is 6.43 Å². The number of carboxylic acids is 1. The monoisotopic (exact) mass is 280 g/mol. The van der Waals surface area contributed by atoms with Crippen molar-refractivity contribution in [2.45, 2.75) is 13.0 Å². The number of carbonyl (C=O) groups is 1. The predicted octanol–water partition coefficient (Wildman–Crippen LogP) is 1.94. The predicted molar refractivity (Wildman–Crippen MR) is 51.7 cm³/mol. The van der Waals surface area contributed by atoms with Gasteiger partial charge in [-0.05, 0) is 15.9 Å². The van der Waals surface area contributed by atoms with E-state index in [-0.39, 0.29) is 16.7 Å². The highest BCUT2D eigenvalue weighted by Gasteiger charge is 2.23. The molecule has 1 aromatic heterocycles. The Kier molecular flexibility index (Phi) is 3.70. The lowest BCUT2D eigenvalue weighted by molar-refractivity contribution is 0.0683. The molecule has 4 nitrogen and oxygen atoms in total. The molecule has 1 rings (SSSR count). The van der Waals surface area contributed by atoms with Crippen LogP contribution in [-0.4, -0.2) is 16.1 Å². The van der Waals surface area contributed by atoms with Crippen molar-refractivity contribution in [1.29, 1.82) is 0 Å². The van der Waals surface area contributed by atoms with E-state index in [1.54, 1.807) is 0 Å². The van der Waals surface area contributed by atoms with Gasteiger partial charge in [0, 0.05) is 23.9 Å². The summed E-state index contributed by atoms with van der Waals surface area (Å²) in [5.74, 6) is -1.44. The molecule has 1 aromatic rings. The first-order valence-corrected chi connectivity index (χ1v) is 4.67. The lowest BCUT2D eigenvalue weighted by atomic mass is 10.1. The molecule has 1 heterocycles. The van der Waals surface area contributed by atoms with Crippen LogP contribution in [0.3, 0.4) is 0 Å². The molecule has 0 radical (unpaired) electrons. The number of nitrogens with two attached hydrogens (primary N) is 1. The summed E-state index contributed by atoms with van der Waals surface area (Å²) in [5.41, 5.74) is 4.18. The Bertz CT molecular complexity index is 398. The third kappa shape index (κ3) is 2.29. The molecule has 0 fully saturated rings. The highest BCUT2D eigenvalue weighted by Crippen LogP contribution is 2.30. The van der Waals surface area contributed by atoms with E-state index in [1.807, 2.05) is 0 Å². The molecular formula is C8H7BrF2N2O2. The highest BCUT2D eigenvalue weighted by atomic mass is 79.9. The van der Waals surface area contributed by atoms with Crippen molar-refractivity contribution >= 4 is 21.9 Å². The summed E-state index contributed by atoms with van der Waals surface area (Å²) in [6, 6.07) is 0. The number of aromatic nitrogens is 1. The minimum Gasteiger partial charge on any atom is -0.478 e. The molecule has 0 aliphatic heterocycles. The number of rotatable bonds is 3. The normalized spacial score (nSPS) is 10.7. The summed E-state index contributed by atoms with van der Waals surface area (Å²) < 4.78 is 25.4. The molecule has 3 N–H and O–H groups in total. The molecule has 15 heavy (non-hydrogen) atoms. The van der Waals surface area contributed by atoms with Gasteiger partial charge in [0.15, 0.2) is 0 Å². The van der Waals surface area contributed by atoms with Gasteiger partial charge in [0.2, 0.25) is 0 Å². The van der Waals surface area contributed by atoms with E-state index in [2.05, 4.69) is 20.9 Å². The summed E-state index contributed by atoms with van der Waals surface area (Å²) in [7, 11) is 0. The van der Waals surface area contributed by atoms with Gasteiger partial charge in [-0.1, -0.05) is 0 Å². The standard InChI is InChI=1S/C8H7BrF2N2O2/c9-6-3(1-12)5(7(10)11)4(2-13-6)8(14)15/h2,7H,1,12H2,(H,14,15). The summed E-state index contributed by atoms with van der Waals surface area (Å²) in [5, 5.41) is 8.70. The van der Waals surface area contributed by atoms with Crippen LogP contribution in [-0.2, 0) is 6.54 Å². The summed E-state index contributed by atoms with van der Waals surface area (Å²) >= 11 is 2.94. The zero-order valence-corrected chi connectivity index (χ0v) is 8.96. The maximum absolute atomic E-state index is 12.6. The molecule has 0 aliphatic carbocycles. The maximum atomic E-state index is 12.6. The average Bonchev–Trinajstić information content (AvgIpc) is 2.16. The van der Waals surface area contributed by atoms with Crippen LogP contribution in [0.25, 0.3) is 0 Å².